The molecular formula is C12H20N2O. The van der Waals surface area contributed by atoms with E-state index in [4.69, 9.17) is 4.42 Å². The Kier molecular flexibility index (Phi) is 3.12. The van der Waals surface area contributed by atoms with Crippen LogP contribution in [-0.2, 0) is 6.54 Å². The molecule has 3 heteroatoms. The summed E-state index contributed by atoms with van der Waals surface area (Å²) in [4.78, 5) is 2.36. The molecule has 0 spiro atoms. The Hall–Kier alpha value is -0.800. The third kappa shape index (κ3) is 2.24. The summed E-state index contributed by atoms with van der Waals surface area (Å²) in [6.07, 6.45) is 7.53. The van der Waals surface area contributed by atoms with Gasteiger partial charge in [0.1, 0.15) is 0 Å². The van der Waals surface area contributed by atoms with Crippen molar-refractivity contribution in [3.05, 3.63) is 24.2 Å². The van der Waals surface area contributed by atoms with Crippen LogP contribution < -0.4 is 5.32 Å². The molecule has 1 aliphatic carbocycles. The summed E-state index contributed by atoms with van der Waals surface area (Å²) in [7, 11) is 4.36. The normalized spacial score (nSPS) is 19.1. The Morgan fingerprint density at radius 3 is 2.73 bits per heavy atom. The van der Waals surface area contributed by atoms with Gasteiger partial charge >= 0.3 is 0 Å². The van der Waals surface area contributed by atoms with Crippen LogP contribution in [0.3, 0.4) is 0 Å². The molecule has 0 radical (unpaired) electrons. The van der Waals surface area contributed by atoms with E-state index in [0.29, 0.717) is 5.54 Å². The molecule has 0 unspecified atom stereocenters. The van der Waals surface area contributed by atoms with Crippen molar-refractivity contribution < 1.29 is 4.42 Å². The lowest BCUT2D eigenvalue weighted by molar-refractivity contribution is 0.0598. The molecule has 84 valence electrons. The number of furan rings is 1. The SMILES string of the molecule is CN(C)C1(CNCc2ccoc2)CCC1. The lowest BCUT2D eigenvalue weighted by atomic mass is 9.75. The van der Waals surface area contributed by atoms with Crippen LogP contribution in [0.15, 0.2) is 23.0 Å². The van der Waals surface area contributed by atoms with E-state index in [0.717, 1.165) is 13.1 Å². The van der Waals surface area contributed by atoms with E-state index < -0.39 is 0 Å². The largest absolute Gasteiger partial charge is 0.472 e. The van der Waals surface area contributed by atoms with Crippen molar-refractivity contribution in [2.24, 2.45) is 0 Å². The highest BCUT2D eigenvalue weighted by molar-refractivity contribution is 5.05. The van der Waals surface area contributed by atoms with Crippen molar-refractivity contribution in [2.45, 2.75) is 31.3 Å². The zero-order valence-corrected chi connectivity index (χ0v) is 9.62. The van der Waals surface area contributed by atoms with Gasteiger partial charge in [0.25, 0.3) is 0 Å². The minimum absolute atomic E-state index is 0.406. The first-order valence-corrected chi connectivity index (χ1v) is 5.62. The molecule has 2 rings (SSSR count). The smallest absolute Gasteiger partial charge is 0.0947 e. The van der Waals surface area contributed by atoms with Crippen LogP contribution in [0.4, 0.5) is 0 Å². The molecule has 1 N–H and O–H groups in total. The number of hydrogen-bond acceptors (Lipinski definition) is 3. The monoisotopic (exact) mass is 208 g/mol. The molecule has 1 aliphatic rings. The average Bonchev–Trinajstić information content (AvgIpc) is 2.61. The molecule has 0 bridgehead atoms. The Bertz CT molecular complexity index is 289. The van der Waals surface area contributed by atoms with Crippen LogP contribution in [0.1, 0.15) is 24.8 Å². The molecule has 0 aliphatic heterocycles. The fourth-order valence-electron chi connectivity index (χ4n) is 2.20. The van der Waals surface area contributed by atoms with Gasteiger partial charge < -0.3 is 14.6 Å². The van der Waals surface area contributed by atoms with Crippen LogP contribution in [0.2, 0.25) is 0 Å². The zero-order chi connectivity index (χ0) is 10.7. The number of hydrogen-bond donors (Lipinski definition) is 1. The van der Waals surface area contributed by atoms with Crippen LogP contribution >= 0.6 is 0 Å². The molecular weight excluding hydrogens is 188 g/mol. The lowest BCUT2D eigenvalue weighted by Gasteiger charge is -2.47. The van der Waals surface area contributed by atoms with E-state index in [-0.39, 0.29) is 0 Å². The second-order valence-corrected chi connectivity index (χ2v) is 4.71. The highest BCUT2D eigenvalue weighted by atomic mass is 16.3. The molecule has 0 amide bonds. The maximum atomic E-state index is 5.03. The van der Waals surface area contributed by atoms with Crippen molar-refractivity contribution in [3.8, 4) is 0 Å². The van der Waals surface area contributed by atoms with Gasteiger partial charge in [0, 0.05) is 24.2 Å². The molecule has 0 atom stereocenters. The molecule has 1 fully saturated rings. The van der Waals surface area contributed by atoms with Crippen LogP contribution in [0, 0.1) is 0 Å². The number of nitrogens with one attached hydrogen (secondary N) is 1. The third-order valence-corrected chi connectivity index (χ3v) is 3.60. The molecule has 15 heavy (non-hydrogen) atoms. The average molecular weight is 208 g/mol. The highest BCUT2D eigenvalue weighted by Crippen LogP contribution is 2.35. The Morgan fingerprint density at radius 2 is 2.27 bits per heavy atom. The van der Waals surface area contributed by atoms with E-state index in [1.807, 2.05) is 6.07 Å². The van der Waals surface area contributed by atoms with Gasteiger partial charge in [-0.1, -0.05) is 0 Å². The second-order valence-electron chi connectivity index (χ2n) is 4.71. The second kappa shape index (κ2) is 4.37. The van der Waals surface area contributed by atoms with Gasteiger partial charge in [-0.15, -0.1) is 0 Å². The molecule has 0 saturated heterocycles. The van der Waals surface area contributed by atoms with Crippen LogP contribution in [0.5, 0.6) is 0 Å². The molecule has 1 saturated carbocycles. The molecule has 1 aromatic heterocycles. The van der Waals surface area contributed by atoms with Gasteiger partial charge in [-0.25, -0.2) is 0 Å². The molecule has 0 aromatic carbocycles. The van der Waals surface area contributed by atoms with E-state index in [1.54, 1.807) is 12.5 Å². The summed E-state index contributed by atoms with van der Waals surface area (Å²) < 4.78 is 5.03. The van der Waals surface area contributed by atoms with Gasteiger partial charge in [0.2, 0.25) is 0 Å². The molecule has 1 aromatic rings. The maximum absolute atomic E-state index is 5.03. The van der Waals surface area contributed by atoms with Crippen molar-refractivity contribution in [1.82, 2.24) is 10.2 Å². The summed E-state index contributed by atoms with van der Waals surface area (Å²) in [5.41, 5.74) is 1.63. The van der Waals surface area contributed by atoms with E-state index in [2.05, 4.69) is 24.3 Å². The lowest BCUT2D eigenvalue weighted by Crippen LogP contribution is -2.56. The third-order valence-electron chi connectivity index (χ3n) is 3.60. The Balaban J connectivity index is 1.77. The Morgan fingerprint density at radius 1 is 1.47 bits per heavy atom. The van der Waals surface area contributed by atoms with Crippen molar-refractivity contribution in [1.29, 1.82) is 0 Å². The Labute approximate surface area is 91.4 Å². The maximum Gasteiger partial charge on any atom is 0.0947 e. The van der Waals surface area contributed by atoms with E-state index in [1.165, 1.54) is 24.8 Å². The highest BCUT2D eigenvalue weighted by Gasteiger charge is 2.38. The number of rotatable bonds is 5. The van der Waals surface area contributed by atoms with Gasteiger partial charge in [0.15, 0.2) is 0 Å². The van der Waals surface area contributed by atoms with Gasteiger partial charge in [0.05, 0.1) is 12.5 Å². The van der Waals surface area contributed by atoms with Gasteiger partial charge in [-0.2, -0.15) is 0 Å². The quantitative estimate of drug-likeness (QED) is 0.800. The van der Waals surface area contributed by atoms with Crippen LogP contribution in [-0.4, -0.2) is 31.1 Å². The minimum atomic E-state index is 0.406. The van der Waals surface area contributed by atoms with E-state index >= 15 is 0 Å². The van der Waals surface area contributed by atoms with Gasteiger partial charge in [-0.3, -0.25) is 0 Å². The summed E-state index contributed by atoms with van der Waals surface area (Å²) in [6.45, 7) is 1.98. The predicted molar refractivity (Wildman–Crippen MR) is 60.7 cm³/mol. The first kappa shape index (κ1) is 10.7. The molecule has 1 heterocycles. The standard InChI is InChI=1S/C12H20N2O/c1-14(2)12(5-3-6-12)10-13-8-11-4-7-15-9-11/h4,7,9,13H,3,5-6,8,10H2,1-2H3. The summed E-state index contributed by atoms with van der Waals surface area (Å²) in [5, 5.41) is 3.51. The van der Waals surface area contributed by atoms with E-state index in [9.17, 15) is 0 Å². The summed E-state index contributed by atoms with van der Waals surface area (Å²) >= 11 is 0. The predicted octanol–water partition coefficient (Wildman–Crippen LogP) is 1.85. The van der Waals surface area contributed by atoms with Crippen molar-refractivity contribution in [2.75, 3.05) is 20.6 Å². The summed E-state index contributed by atoms with van der Waals surface area (Å²) in [6, 6.07) is 2.01. The molecule has 3 nitrogen and oxygen atoms in total. The first-order valence-electron chi connectivity index (χ1n) is 5.62. The minimum Gasteiger partial charge on any atom is -0.472 e. The fraction of sp³-hybridized carbons (Fsp3) is 0.667. The number of nitrogens with zero attached hydrogens (tertiary/aromatic N) is 1. The fourth-order valence-corrected chi connectivity index (χ4v) is 2.20. The first-order chi connectivity index (χ1) is 7.23. The summed E-state index contributed by atoms with van der Waals surface area (Å²) in [5.74, 6) is 0. The van der Waals surface area contributed by atoms with Gasteiger partial charge in [-0.05, 0) is 39.4 Å². The zero-order valence-electron chi connectivity index (χ0n) is 9.62. The van der Waals surface area contributed by atoms with Crippen LogP contribution in [0.25, 0.3) is 0 Å². The van der Waals surface area contributed by atoms with Crippen molar-refractivity contribution in [3.63, 3.8) is 0 Å². The topological polar surface area (TPSA) is 28.4 Å². The number of likely N-dealkylation sites (N-methyl/N-ethyl adjacent to an activating group) is 1. The van der Waals surface area contributed by atoms with Crippen molar-refractivity contribution >= 4 is 0 Å².